The molecule has 1 aromatic heterocycles. The van der Waals surface area contributed by atoms with Gasteiger partial charge in [-0.1, -0.05) is 200 Å². The molecular weight excluding hydrogens is 735 g/mol. The number of allylic oxidation sites excluding steroid dienone is 4. The molecule has 1 aliphatic heterocycles. The van der Waals surface area contributed by atoms with Gasteiger partial charge in [-0.2, -0.15) is 0 Å². The molecular formula is C54H41NOSi2. The molecule has 9 aromatic rings. The van der Waals surface area contributed by atoms with E-state index in [9.17, 15) is 0 Å². The summed E-state index contributed by atoms with van der Waals surface area (Å²) < 4.78 is 7.12. The first kappa shape index (κ1) is 34.5. The summed E-state index contributed by atoms with van der Waals surface area (Å²) in [6, 6.07) is 79.2. The van der Waals surface area contributed by atoms with E-state index in [4.69, 9.17) is 4.42 Å². The highest BCUT2D eigenvalue weighted by molar-refractivity contribution is 7.21. The maximum Gasteiger partial charge on any atom is 0.184 e. The summed E-state index contributed by atoms with van der Waals surface area (Å²) in [6.07, 6.45) is 6.84. The molecule has 0 N–H and O–H groups in total. The van der Waals surface area contributed by atoms with E-state index in [0.717, 1.165) is 34.8 Å². The van der Waals surface area contributed by atoms with Crippen LogP contribution in [0.15, 0.2) is 240 Å². The quantitative estimate of drug-likeness (QED) is 0.119. The maximum absolute atomic E-state index is 7.12. The van der Waals surface area contributed by atoms with Crippen LogP contribution in [0.4, 0.5) is 11.4 Å². The van der Waals surface area contributed by atoms with Gasteiger partial charge in [0.15, 0.2) is 16.1 Å². The third kappa shape index (κ3) is 5.08. The van der Waals surface area contributed by atoms with Crippen LogP contribution in [0.5, 0.6) is 0 Å². The minimum atomic E-state index is -3.03. The number of para-hydroxylation sites is 2. The molecule has 1 aliphatic carbocycles. The lowest BCUT2D eigenvalue weighted by molar-refractivity contribution is 0.671. The molecule has 2 aliphatic rings. The van der Waals surface area contributed by atoms with Crippen molar-refractivity contribution in [2.45, 2.75) is 12.8 Å². The highest BCUT2D eigenvalue weighted by atomic mass is 28.3. The lowest BCUT2D eigenvalue weighted by atomic mass is 10.1. The fraction of sp³-hybridized carbons (Fsp3) is 0.0370. The molecule has 2 nitrogen and oxygen atoms in total. The van der Waals surface area contributed by atoms with E-state index in [2.05, 4.69) is 229 Å². The van der Waals surface area contributed by atoms with Crippen LogP contribution in [-0.4, -0.2) is 16.1 Å². The Morgan fingerprint density at radius 3 is 1.62 bits per heavy atom. The Morgan fingerprint density at radius 1 is 0.500 bits per heavy atom. The number of nitrogens with zero attached hydrogens (tertiary/aromatic N) is 1. The highest BCUT2D eigenvalue weighted by Gasteiger charge is 2.50. The fourth-order valence-electron chi connectivity index (χ4n) is 10.2. The largest absolute Gasteiger partial charge is 0.456 e. The van der Waals surface area contributed by atoms with Gasteiger partial charge in [-0.05, 0) is 78.6 Å². The summed E-state index contributed by atoms with van der Waals surface area (Å²) in [5.74, 6) is 0. The van der Waals surface area contributed by atoms with Crippen molar-refractivity contribution in [3.8, 4) is 0 Å². The lowest BCUT2D eigenvalue weighted by Crippen LogP contribution is -2.75. The van der Waals surface area contributed by atoms with Crippen LogP contribution in [0.1, 0.15) is 12.8 Å². The Kier molecular flexibility index (Phi) is 8.35. The summed E-state index contributed by atoms with van der Waals surface area (Å²) in [4.78, 5) is 2.64. The van der Waals surface area contributed by atoms with E-state index >= 15 is 0 Å². The maximum atomic E-state index is 7.12. The van der Waals surface area contributed by atoms with Gasteiger partial charge in [0.25, 0.3) is 0 Å². The van der Waals surface area contributed by atoms with Gasteiger partial charge in [-0.25, -0.2) is 0 Å². The van der Waals surface area contributed by atoms with Gasteiger partial charge >= 0.3 is 0 Å². The van der Waals surface area contributed by atoms with Crippen molar-refractivity contribution >= 4 is 85.8 Å². The van der Waals surface area contributed by atoms with Gasteiger partial charge in [0.1, 0.15) is 11.2 Å². The SMILES string of the molecule is C1=CC2=C(CC1)N(c1cc([Si](c3ccccc3)(c3ccccc3)c3ccccc3)c3oc4ccccc4c3c1)c1ccccc1[Si]2(c1ccccc1)c1ccccc1. The lowest BCUT2D eigenvalue weighted by Gasteiger charge is -2.47. The number of rotatable bonds is 7. The molecule has 0 bridgehead atoms. The minimum absolute atomic E-state index is 0.909. The summed E-state index contributed by atoms with van der Waals surface area (Å²) >= 11 is 0. The molecule has 276 valence electrons. The van der Waals surface area contributed by atoms with Crippen molar-refractivity contribution in [2.75, 3.05) is 4.90 Å². The van der Waals surface area contributed by atoms with Crippen molar-refractivity contribution in [3.63, 3.8) is 0 Å². The number of fused-ring (bicyclic) bond motifs is 4. The average Bonchev–Trinajstić information content (AvgIpc) is 3.69. The summed E-state index contributed by atoms with van der Waals surface area (Å²) in [6.45, 7) is 0. The zero-order valence-corrected chi connectivity index (χ0v) is 34.1. The number of hydrogen-bond donors (Lipinski definition) is 0. The van der Waals surface area contributed by atoms with Crippen LogP contribution >= 0.6 is 0 Å². The highest BCUT2D eigenvalue weighted by Crippen LogP contribution is 2.44. The fourth-order valence-corrected chi connectivity index (χ4v) is 20.3. The van der Waals surface area contributed by atoms with Crippen LogP contribution < -0.4 is 41.2 Å². The van der Waals surface area contributed by atoms with E-state index in [1.165, 1.54) is 58.6 Å². The van der Waals surface area contributed by atoms with Crippen molar-refractivity contribution < 1.29 is 4.42 Å². The predicted molar refractivity (Wildman–Crippen MR) is 249 cm³/mol. The Bertz CT molecular complexity index is 2860. The second kappa shape index (κ2) is 14.0. The van der Waals surface area contributed by atoms with Crippen LogP contribution in [0.3, 0.4) is 0 Å². The van der Waals surface area contributed by atoms with Gasteiger partial charge in [0.2, 0.25) is 0 Å². The molecule has 8 aromatic carbocycles. The van der Waals surface area contributed by atoms with Crippen LogP contribution in [0.25, 0.3) is 21.9 Å². The van der Waals surface area contributed by atoms with E-state index < -0.39 is 16.1 Å². The van der Waals surface area contributed by atoms with E-state index in [1.807, 2.05) is 0 Å². The molecule has 0 radical (unpaired) electrons. The van der Waals surface area contributed by atoms with Crippen molar-refractivity contribution in [1.82, 2.24) is 0 Å². The average molecular weight is 776 g/mol. The van der Waals surface area contributed by atoms with Crippen LogP contribution in [-0.2, 0) is 0 Å². The van der Waals surface area contributed by atoms with Crippen LogP contribution in [0.2, 0.25) is 0 Å². The van der Waals surface area contributed by atoms with Gasteiger partial charge in [0.05, 0.1) is 0 Å². The molecule has 0 unspecified atom stereocenters. The molecule has 58 heavy (non-hydrogen) atoms. The number of hydrogen-bond acceptors (Lipinski definition) is 2. The van der Waals surface area contributed by atoms with E-state index in [-0.39, 0.29) is 0 Å². The van der Waals surface area contributed by atoms with Gasteiger partial charge in [-0.15, -0.1) is 0 Å². The zero-order chi connectivity index (χ0) is 38.5. The molecule has 0 spiro atoms. The molecule has 0 fully saturated rings. The standard InChI is InChI=1S/C54H41NOSi2/c1-6-22-41(23-7-1)57(42-24-8-2-9-25-42,43-26-10-3-11-27-43)53-39-40(38-47-46-32-16-19-35-50(46)56-54(47)53)55-48-33-17-20-36-51(48)58(44-28-12-4-13-29-44,45-30-14-5-15-31-45)52-37-21-18-34-49(52)55/h1-17,19-33,35-39H,18,34H2. The van der Waals surface area contributed by atoms with Crippen molar-refractivity contribution in [1.29, 1.82) is 0 Å². The molecule has 0 saturated heterocycles. The molecule has 0 saturated carbocycles. The Labute approximate surface area is 341 Å². The van der Waals surface area contributed by atoms with Crippen molar-refractivity contribution in [2.24, 2.45) is 0 Å². The molecule has 2 heterocycles. The predicted octanol–water partition coefficient (Wildman–Crippen LogP) is 8.73. The van der Waals surface area contributed by atoms with Gasteiger partial charge in [-0.3, -0.25) is 0 Å². The minimum Gasteiger partial charge on any atom is -0.456 e. The van der Waals surface area contributed by atoms with Crippen LogP contribution in [0, 0.1) is 0 Å². The molecule has 11 rings (SSSR count). The Hall–Kier alpha value is -6.73. The summed E-state index contributed by atoms with van der Waals surface area (Å²) in [7, 11) is -5.78. The smallest absolute Gasteiger partial charge is 0.184 e. The van der Waals surface area contributed by atoms with Crippen molar-refractivity contribution in [3.05, 3.63) is 235 Å². The Morgan fingerprint density at radius 2 is 1.02 bits per heavy atom. The van der Waals surface area contributed by atoms with E-state index in [0.29, 0.717) is 0 Å². The first-order valence-electron chi connectivity index (χ1n) is 20.3. The first-order valence-corrected chi connectivity index (χ1v) is 24.3. The van der Waals surface area contributed by atoms with Gasteiger partial charge < -0.3 is 9.32 Å². The number of anilines is 2. The molecule has 0 atom stereocenters. The summed E-state index contributed by atoms with van der Waals surface area (Å²) in [5.41, 5.74) is 5.71. The second-order valence-electron chi connectivity index (χ2n) is 15.5. The third-order valence-electron chi connectivity index (χ3n) is 12.5. The summed E-state index contributed by atoms with van der Waals surface area (Å²) in [5, 5.41) is 13.2. The normalized spacial score (nSPS) is 14.7. The van der Waals surface area contributed by atoms with E-state index in [1.54, 1.807) is 0 Å². The second-order valence-corrected chi connectivity index (χ2v) is 23.0. The molecule has 4 heteroatoms. The monoisotopic (exact) mass is 775 g/mol. The first-order chi connectivity index (χ1) is 28.8. The molecule has 0 amide bonds. The third-order valence-corrected chi connectivity index (χ3v) is 22.2. The topological polar surface area (TPSA) is 16.4 Å². The number of benzene rings is 8. The number of furan rings is 1. The van der Waals surface area contributed by atoms with Gasteiger partial charge in [0, 0.05) is 27.8 Å². The zero-order valence-electron chi connectivity index (χ0n) is 32.1. The Balaban J connectivity index is 1.30.